The third-order valence-electron chi connectivity index (χ3n) is 3.87. The average molecular weight is 362 g/mol. The van der Waals surface area contributed by atoms with Crippen LogP contribution in [0, 0.1) is 11.3 Å². The minimum atomic E-state index is -3.02. The zero-order valence-corrected chi connectivity index (χ0v) is 15.9. The molecular weight excluding hydrogens is 332 g/mol. The standard InChI is InChI=1S/C16H30N2O5S/c1-16(2,3)15(20)18-8-5-6-13(12-18)14(19)17-7-9-23-10-11-24(4,21)22/h13H,5-12H2,1-4H3,(H,17,19)/t13-/m0/s1. The predicted molar refractivity (Wildman–Crippen MR) is 92.3 cm³/mol. The van der Waals surface area contributed by atoms with E-state index in [4.69, 9.17) is 4.74 Å². The molecule has 1 aliphatic rings. The highest BCUT2D eigenvalue weighted by molar-refractivity contribution is 7.90. The van der Waals surface area contributed by atoms with E-state index in [1.165, 1.54) is 0 Å². The Morgan fingerprint density at radius 2 is 1.92 bits per heavy atom. The summed E-state index contributed by atoms with van der Waals surface area (Å²) in [5, 5.41) is 2.80. The van der Waals surface area contributed by atoms with Gasteiger partial charge in [-0.25, -0.2) is 8.42 Å². The Morgan fingerprint density at radius 1 is 1.25 bits per heavy atom. The van der Waals surface area contributed by atoms with Crippen molar-refractivity contribution in [1.82, 2.24) is 10.2 Å². The van der Waals surface area contributed by atoms with Crippen LogP contribution in [0.3, 0.4) is 0 Å². The molecule has 8 heteroatoms. The molecule has 1 fully saturated rings. The maximum Gasteiger partial charge on any atom is 0.227 e. The Bertz CT molecular complexity index is 539. The van der Waals surface area contributed by atoms with Crippen molar-refractivity contribution >= 4 is 21.7 Å². The van der Waals surface area contributed by atoms with Gasteiger partial charge in [-0.05, 0) is 12.8 Å². The summed E-state index contributed by atoms with van der Waals surface area (Å²) in [5.41, 5.74) is -0.439. The average Bonchev–Trinajstić information content (AvgIpc) is 2.48. The van der Waals surface area contributed by atoms with Gasteiger partial charge in [0.1, 0.15) is 9.84 Å². The van der Waals surface area contributed by atoms with Gasteiger partial charge in [-0.3, -0.25) is 9.59 Å². The summed E-state index contributed by atoms with van der Waals surface area (Å²) in [6.45, 7) is 7.55. The van der Waals surface area contributed by atoms with Gasteiger partial charge < -0.3 is 15.0 Å². The van der Waals surface area contributed by atoms with E-state index >= 15 is 0 Å². The van der Waals surface area contributed by atoms with Crippen LogP contribution >= 0.6 is 0 Å². The highest BCUT2D eigenvalue weighted by Crippen LogP contribution is 2.23. The molecule has 2 amide bonds. The molecule has 1 aliphatic heterocycles. The molecule has 1 saturated heterocycles. The van der Waals surface area contributed by atoms with Crippen LogP contribution in [0.2, 0.25) is 0 Å². The van der Waals surface area contributed by atoms with Crippen molar-refractivity contribution < 1.29 is 22.7 Å². The number of ether oxygens (including phenoxy) is 1. The molecule has 1 rings (SSSR count). The van der Waals surface area contributed by atoms with E-state index in [9.17, 15) is 18.0 Å². The fourth-order valence-electron chi connectivity index (χ4n) is 2.55. The summed E-state index contributed by atoms with van der Waals surface area (Å²) in [6.07, 6.45) is 2.76. The van der Waals surface area contributed by atoms with Crippen molar-refractivity contribution in [3.05, 3.63) is 0 Å². The molecular formula is C16H30N2O5S. The molecule has 1 atom stereocenters. The lowest BCUT2D eigenvalue weighted by Crippen LogP contribution is -2.49. The number of nitrogens with zero attached hydrogens (tertiary/aromatic N) is 1. The van der Waals surface area contributed by atoms with E-state index in [0.717, 1.165) is 19.1 Å². The minimum absolute atomic E-state index is 0.0204. The van der Waals surface area contributed by atoms with Gasteiger partial charge in [0.2, 0.25) is 11.8 Å². The first kappa shape index (κ1) is 20.9. The molecule has 0 aromatic heterocycles. The quantitative estimate of drug-likeness (QED) is 0.664. The number of likely N-dealkylation sites (tertiary alicyclic amines) is 1. The SMILES string of the molecule is CC(C)(C)C(=O)N1CCC[C@H](C(=O)NCCOCCS(C)(=O)=O)C1. The van der Waals surface area contributed by atoms with Crippen molar-refractivity contribution in [1.29, 1.82) is 0 Å². The molecule has 0 aromatic carbocycles. The fourth-order valence-corrected chi connectivity index (χ4v) is 2.97. The van der Waals surface area contributed by atoms with E-state index in [-0.39, 0.29) is 36.7 Å². The second-order valence-electron chi connectivity index (χ2n) is 7.37. The molecule has 140 valence electrons. The molecule has 0 radical (unpaired) electrons. The van der Waals surface area contributed by atoms with Crippen LogP contribution in [-0.2, 0) is 24.2 Å². The molecule has 1 heterocycles. The van der Waals surface area contributed by atoms with E-state index in [1.807, 2.05) is 20.8 Å². The molecule has 1 N–H and O–H groups in total. The van der Waals surface area contributed by atoms with Crippen LogP contribution in [0.25, 0.3) is 0 Å². The van der Waals surface area contributed by atoms with Crippen molar-refractivity contribution in [2.45, 2.75) is 33.6 Å². The maximum atomic E-state index is 12.3. The summed E-state index contributed by atoms with van der Waals surface area (Å²) in [4.78, 5) is 26.3. The third-order valence-corrected chi connectivity index (χ3v) is 4.77. The lowest BCUT2D eigenvalue weighted by Gasteiger charge is -2.35. The molecule has 0 aliphatic carbocycles. The number of hydrogen-bond donors (Lipinski definition) is 1. The molecule has 0 spiro atoms. The smallest absolute Gasteiger partial charge is 0.227 e. The van der Waals surface area contributed by atoms with Crippen molar-refractivity contribution in [2.75, 3.05) is 44.9 Å². The van der Waals surface area contributed by atoms with Gasteiger partial charge in [0.15, 0.2) is 0 Å². The highest BCUT2D eigenvalue weighted by atomic mass is 32.2. The maximum absolute atomic E-state index is 12.3. The fraction of sp³-hybridized carbons (Fsp3) is 0.875. The van der Waals surface area contributed by atoms with Crippen LogP contribution < -0.4 is 5.32 Å². The van der Waals surface area contributed by atoms with E-state index in [0.29, 0.717) is 19.6 Å². The van der Waals surface area contributed by atoms with Gasteiger partial charge in [0, 0.05) is 31.3 Å². The summed E-state index contributed by atoms with van der Waals surface area (Å²) in [7, 11) is -3.02. The zero-order valence-electron chi connectivity index (χ0n) is 15.1. The van der Waals surface area contributed by atoms with Gasteiger partial charge in [-0.15, -0.1) is 0 Å². The molecule has 24 heavy (non-hydrogen) atoms. The van der Waals surface area contributed by atoms with Crippen LogP contribution in [-0.4, -0.2) is 70.0 Å². The summed E-state index contributed by atoms with van der Waals surface area (Å²) in [6, 6.07) is 0. The van der Waals surface area contributed by atoms with E-state index < -0.39 is 15.3 Å². The molecule has 0 aromatic rings. The summed E-state index contributed by atoms with van der Waals surface area (Å²) >= 11 is 0. The number of sulfone groups is 1. The topological polar surface area (TPSA) is 92.8 Å². The third kappa shape index (κ3) is 7.61. The normalized spacial score (nSPS) is 19.2. The number of carbonyl (C=O) groups excluding carboxylic acids is 2. The number of piperidine rings is 1. The second kappa shape index (κ2) is 8.80. The Balaban J connectivity index is 2.31. The summed E-state index contributed by atoms with van der Waals surface area (Å²) in [5.74, 6) is -0.216. The number of carbonyl (C=O) groups is 2. The Hall–Kier alpha value is -1.15. The van der Waals surface area contributed by atoms with Gasteiger partial charge in [-0.2, -0.15) is 0 Å². The molecule has 0 bridgehead atoms. The molecule has 0 unspecified atom stereocenters. The lowest BCUT2D eigenvalue weighted by molar-refractivity contribution is -0.142. The molecule has 0 saturated carbocycles. The van der Waals surface area contributed by atoms with Crippen LogP contribution in [0.15, 0.2) is 0 Å². The van der Waals surface area contributed by atoms with Crippen molar-refractivity contribution in [3.8, 4) is 0 Å². The largest absolute Gasteiger partial charge is 0.379 e. The van der Waals surface area contributed by atoms with E-state index in [2.05, 4.69) is 5.32 Å². The lowest BCUT2D eigenvalue weighted by atomic mass is 9.91. The Labute approximate surface area is 145 Å². The van der Waals surface area contributed by atoms with Gasteiger partial charge in [-0.1, -0.05) is 20.8 Å². The predicted octanol–water partition coefficient (Wildman–Crippen LogP) is 0.449. The number of amides is 2. The first-order valence-electron chi connectivity index (χ1n) is 8.33. The highest BCUT2D eigenvalue weighted by Gasteiger charge is 2.33. The van der Waals surface area contributed by atoms with Crippen LogP contribution in [0.5, 0.6) is 0 Å². The Morgan fingerprint density at radius 3 is 2.50 bits per heavy atom. The minimum Gasteiger partial charge on any atom is -0.379 e. The van der Waals surface area contributed by atoms with Gasteiger partial charge in [0.05, 0.1) is 24.9 Å². The first-order chi connectivity index (χ1) is 11.0. The van der Waals surface area contributed by atoms with Gasteiger partial charge >= 0.3 is 0 Å². The number of hydrogen-bond acceptors (Lipinski definition) is 5. The van der Waals surface area contributed by atoms with E-state index in [1.54, 1.807) is 4.90 Å². The van der Waals surface area contributed by atoms with Crippen molar-refractivity contribution in [3.63, 3.8) is 0 Å². The number of rotatable bonds is 7. The van der Waals surface area contributed by atoms with Crippen LogP contribution in [0.4, 0.5) is 0 Å². The monoisotopic (exact) mass is 362 g/mol. The zero-order chi connectivity index (χ0) is 18.4. The first-order valence-corrected chi connectivity index (χ1v) is 10.4. The van der Waals surface area contributed by atoms with Gasteiger partial charge in [0.25, 0.3) is 0 Å². The molecule has 7 nitrogen and oxygen atoms in total. The summed E-state index contributed by atoms with van der Waals surface area (Å²) < 4.78 is 27.1. The number of nitrogens with one attached hydrogen (secondary N) is 1. The Kier molecular flexibility index (Phi) is 7.66. The second-order valence-corrected chi connectivity index (χ2v) is 9.63. The van der Waals surface area contributed by atoms with Crippen molar-refractivity contribution in [2.24, 2.45) is 11.3 Å². The van der Waals surface area contributed by atoms with Crippen LogP contribution in [0.1, 0.15) is 33.6 Å².